The van der Waals surface area contributed by atoms with E-state index >= 15 is 0 Å². The highest BCUT2D eigenvalue weighted by Crippen LogP contribution is 2.33. The molecule has 116 valence electrons. The van der Waals surface area contributed by atoms with Gasteiger partial charge in [-0.2, -0.15) is 13.2 Å². The van der Waals surface area contributed by atoms with Crippen molar-refractivity contribution in [3.05, 3.63) is 63.1 Å². The van der Waals surface area contributed by atoms with Crippen molar-refractivity contribution in [1.29, 1.82) is 0 Å². The van der Waals surface area contributed by atoms with Gasteiger partial charge in [-0.15, -0.1) is 0 Å². The molecule has 1 N–H and O–H groups in total. The molecule has 0 bridgehead atoms. The molecule has 2 aromatic carbocycles. The Morgan fingerprint density at radius 2 is 1.77 bits per heavy atom. The molecule has 1 amide bonds. The second-order valence-electron chi connectivity index (χ2n) is 4.54. The molecule has 0 unspecified atom stereocenters. The van der Waals surface area contributed by atoms with Crippen LogP contribution in [0, 0.1) is 0 Å². The topological polar surface area (TPSA) is 29.1 Å². The van der Waals surface area contributed by atoms with Crippen LogP contribution in [-0.4, -0.2) is 5.91 Å². The van der Waals surface area contributed by atoms with Gasteiger partial charge in [0.05, 0.1) is 22.7 Å². The van der Waals surface area contributed by atoms with Crippen LogP contribution in [0.15, 0.2) is 46.9 Å². The largest absolute Gasteiger partial charge is 0.416 e. The number of alkyl halides is 3. The molecule has 0 radical (unpaired) electrons. The molecule has 0 aliphatic heterocycles. The third-order valence-corrected chi connectivity index (χ3v) is 3.70. The van der Waals surface area contributed by atoms with Gasteiger partial charge in [0, 0.05) is 4.47 Å². The lowest BCUT2D eigenvalue weighted by Crippen LogP contribution is -2.15. The zero-order valence-electron chi connectivity index (χ0n) is 11.0. The highest BCUT2D eigenvalue weighted by atomic mass is 79.9. The van der Waals surface area contributed by atoms with E-state index in [0.717, 1.165) is 28.2 Å². The first-order chi connectivity index (χ1) is 10.3. The van der Waals surface area contributed by atoms with Gasteiger partial charge < -0.3 is 5.32 Å². The average Bonchev–Trinajstić information content (AvgIpc) is 2.42. The van der Waals surface area contributed by atoms with E-state index in [1.807, 2.05) is 0 Å². The van der Waals surface area contributed by atoms with Crippen molar-refractivity contribution in [1.82, 2.24) is 0 Å². The number of benzene rings is 2. The average molecular weight is 393 g/mol. The summed E-state index contributed by atoms with van der Waals surface area (Å²) in [6.45, 7) is 0. The molecular weight excluding hydrogens is 383 g/mol. The van der Waals surface area contributed by atoms with Crippen molar-refractivity contribution in [3.8, 4) is 0 Å². The molecule has 0 heterocycles. The van der Waals surface area contributed by atoms with Gasteiger partial charge in [0.25, 0.3) is 0 Å². The highest BCUT2D eigenvalue weighted by molar-refractivity contribution is 9.10. The molecule has 7 heteroatoms. The van der Waals surface area contributed by atoms with Crippen molar-refractivity contribution < 1.29 is 18.0 Å². The number of anilines is 1. The first-order valence-electron chi connectivity index (χ1n) is 6.17. The van der Waals surface area contributed by atoms with Gasteiger partial charge in [-0.25, -0.2) is 0 Å². The Hall–Kier alpha value is -1.53. The fourth-order valence-corrected chi connectivity index (χ4v) is 2.21. The number of carbonyl (C=O) groups is 1. The fourth-order valence-electron chi connectivity index (χ4n) is 1.78. The molecule has 0 aliphatic rings. The Labute approximate surface area is 138 Å². The van der Waals surface area contributed by atoms with Gasteiger partial charge >= 0.3 is 6.18 Å². The standard InChI is InChI=1S/C15H10BrClF3NO/c16-11-4-1-9(2-5-11)7-14(22)21-13-8-10(15(18,19)20)3-6-12(13)17/h1-6,8H,7H2,(H,21,22). The predicted molar refractivity (Wildman–Crippen MR) is 82.9 cm³/mol. The maximum Gasteiger partial charge on any atom is 0.416 e. The SMILES string of the molecule is O=C(Cc1ccc(Br)cc1)Nc1cc(C(F)(F)F)ccc1Cl. The molecule has 2 nitrogen and oxygen atoms in total. The van der Waals surface area contributed by atoms with Gasteiger partial charge in [0.15, 0.2) is 0 Å². The Balaban J connectivity index is 2.12. The van der Waals surface area contributed by atoms with E-state index in [1.165, 1.54) is 0 Å². The molecule has 0 fully saturated rings. The second kappa shape index (κ2) is 6.71. The van der Waals surface area contributed by atoms with E-state index in [0.29, 0.717) is 0 Å². The van der Waals surface area contributed by atoms with Gasteiger partial charge in [0.2, 0.25) is 5.91 Å². The zero-order chi connectivity index (χ0) is 16.3. The highest BCUT2D eigenvalue weighted by Gasteiger charge is 2.31. The molecule has 0 saturated carbocycles. The molecule has 0 saturated heterocycles. The Morgan fingerprint density at radius 1 is 1.14 bits per heavy atom. The summed E-state index contributed by atoms with van der Waals surface area (Å²) < 4.78 is 38.9. The molecule has 2 rings (SSSR count). The number of rotatable bonds is 3. The number of nitrogens with one attached hydrogen (secondary N) is 1. The third kappa shape index (κ3) is 4.48. The van der Waals surface area contributed by atoms with Crippen LogP contribution in [0.3, 0.4) is 0 Å². The van der Waals surface area contributed by atoms with Crippen LogP contribution >= 0.6 is 27.5 Å². The minimum Gasteiger partial charge on any atom is -0.324 e. The van der Waals surface area contributed by atoms with Crippen molar-refractivity contribution in [3.63, 3.8) is 0 Å². The quantitative estimate of drug-likeness (QED) is 0.754. The summed E-state index contributed by atoms with van der Waals surface area (Å²) in [6.07, 6.45) is -4.45. The van der Waals surface area contributed by atoms with Crippen molar-refractivity contribution >= 4 is 39.1 Å². The first kappa shape index (κ1) is 16.8. The van der Waals surface area contributed by atoms with Crippen LogP contribution in [0.1, 0.15) is 11.1 Å². The van der Waals surface area contributed by atoms with Crippen molar-refractivity contribution in [2.75, 3.05) is 5.32 Å². The van der Waals surface area contributed by atoms with E-state index in [1.54, 1.807) is 24.3 Å². The minimum atomic E-state index is -4.49. The fraction of sp³-hybridized carbons (Fsp3) is 0.133. The summed E-state index contributed by atoms with van der Waals surface area (Å²) in [4.78, 5) is 11.9. The minimum absolute atomic E-state index is 0.0415. The van der Waals surface area contributed by atoms with Crippen LogP contribution in [0.2, 0.25) is 5.02 Å². The maximum atomic E-state index is 12.7. The van der Waals surface area contributed by atoms with Crippen LogP contribution in [0.4, 0.5) is 18.9 Å². The lowest BCUT2D eigenvalue weighted by atomic mass is 10.1. The monoisotopic (exact) mass is 391 g/mol. The van der Waals surface area contributed by atoms with E-state index < -0.39 is 17.6 Å². The summed E-state index contributed by atoms with van der Waals surface area (Å²) in [5.74, 6) is -0.441. The predicted octanol–water partition coefficient (Wildman–Crippen LogP) is 5.30. The summed E-state index contributed by atoms with van der Waals surface area (Å²) in [6, 6.07) is 9.85. The van der Waals surface area contributed by atoms with E-state index in [-0.39, 0.29) is 17.1 Å². The number of hydrogen-bond donors (Lipinski definition) is 1. The van der Waals surface area contributed by atoms with Crippen LogP contribution in [0.5, 0.6) is 0 Å². The molecule has 0 spiro atoms. The van der Waals surface area contributed by atoms with Crippen molar-refractivity contribution in [2.24, 2.45) is 0 Å². The van der Waals surface area contributed by atoms with Crippen LogP contribution in [-0.2, 0) is 17.4 Å². The molecule has 0 aliphatic carbocycles. The van der Waals surface area contributed by atoms with Gasteiger partial charge in [-0.05, 0) is 35.9 Å². The number of halogens is 5. The second-order valence-corrected chi connectivity index (χ2v) is 5.87. The number of carbonyl (C=O) groups excluding carboxylic acids is 1. The molecule has 2 aromatic rings. The van der Waals surface area contributed by atoms with E-state index in [2.05, 4.69) is 21.2 Å². The van der Waals surface area contributed by atoms with E-state index in [4.69, 9.17) is 11.6 Å². The Bertz CT molecular complexity index is 686. The maximum absolute atomic E-state index is 12.7. The molecule has 22 heavy (non-hydrogen) atoms. The molecule has 0 atom stereocenters. The molecule has 0 aromatic heterocycles. The Morgan fingerprint density at radius 3 is 2.36 bits per heavy atom. The Kier molecular flexibility index (Phi) is 5.13. The van der Waals surface area contributed by atoms with Gasteiger partial charge in [-0.1, -0.05) is 39.7 Å². The third-order valence-electron chi connectivity index (χ3n) is 2.85. The van der Waals surface area contributed by atoms with Gasteiger partial charge in [0.1, 0.15) is 0 Å². The van der Waals surface area contributed by atoms with E-state index in [9.17, 15) is 18.0 Å². The lowest BCUT2D eigenvalue weighted by molar-refractivity contribution is -0.137. The van der Waals surface area contributed by atoms with Gasteiger partial charge in [-0.3, -0.25) is 4.79 Å². The normalized spacial score (nSPS) is 11.3. The lowest BCUT2D eigenvalue weighted by Gasteiger charge is -2.11. The summed E-state index contributed by atoms with van der Waals surface area (Å²) >= 11 is 9.10. The van der Waals surface area contributed by atoms with Crippen LogP contribution in [0.25, 0.3) is 0 Å². The first-order valence-corrected chi connectivity index (χ1v) is 7.34. The van der Waals surface area contributed by atoms with Crippen molar-refractivity contribution in [2.45, 2.75) is 12.6 Å². The smallest absolute Gasteiger partial charge is 0.324 e. The summed E-state index contributed by atoms with van der Waals surface area (Å²) in [5, 5.41) is 2.46. The molecular formula is C15H10BrClF3NO. The number of amides is 1. The zero-order valence-corrected chi connectivity index (χ0v) is 13.4. The summed E-state index contributed by atoms with van der Waals surface area (Å²) in [5.41, 5.74) is -0.182. The number of hydrogen-bond acceptors (Lipinski definition) is 1. The summed E-state index contributed by atoms with van der Waals surface area (Å²) in [7, 11) is 0. The van der Waals surface area contributed by atoms with Crippen LogP contribution < -0.4 is 5.32 Å².